The van der Waals surface area contributed by atoms with Crippen LogP contribution in [0.2, 0.25) is 0 Å². The molecule has 0 spiro atoms. The van der Waals surface area contributed by atoms with Crippen LogP contribution >= 0.6 is 0 Å². The van der Waals surface area contributed by atoms with Gasteiger partial charge in [-0.1, -0.05) is 172 Å². The zero-order chi connectivity index (χ0) is 43.6. The van der Waals surface area contributed by atoms with Gasteiger partial charge in [-0.15, -0.1) is 0 Å². The van der Waals surface area contributed by atoms with E-state index < -0.39 is 41.5 Å². The molecule has 4 aromatic rings. The number of phenolic OH excluding ortho intramolecular Hbond substituents is 1. The first-order valence-electron chi connectivity index (χ1n) is 21.9. The summed E-state index contributed by atoms with van der Waals surface area (Å²) in [5, 5.41) is 22.2. The van der Waals surface area contributed by atoms with Crippen LogP contribution in [0.15, 0.2) is 94.7 Å². The van der Waals surface area contributed by atoms with Crippen molar-refractivity contribution >= 4 is 58.0 Å². The summed E-state index contributed by atoms with van der Waals surface area (Å²) in [4.78, 5) is -1.19. The van der Waals surface area contributed by atoms with Gasteiger partial charge in [0.25, 0.3) is 10.1 Å². The summed E-state index contributed by atoms with van der Waals surface area (Å²) >= 11 is 0. The zero-order valence-corrected chi connectivity index (χ0v) is 40.2. The SMILES string of the molecule is CCCCCCCCCCCCc1cc(S(=O)(=O)O)c(O)cc1Oc1ccccc1.CCCCCCCCCCCCc1cc(S(=O)(=O)[O-])c([O-])cc1Oc1ccccc1.[Ca+2]. The molecule has 0 bridgehead atoms. The Balaban J connectivity index is 0.000000413. The molecule has 0 fully saturated rings. The summed E-state index contributed by atoms with van der Waals surface area (Å²) in [5.41, 5.74) is 1.23. The molecule has 13 heteroatoms. The maximum absolute atomic E-state index is 12.1. The molecule has 2 N–H and O–H groups in total. The van der Waals surface area contributed by atoms with Gasteiger partial charge >= 0.3 is 37.7 Å². The fraction of sp³-hybridized carbons (Fsp3) is 0.500. The average molecular weight is 907 g/mol. The fourth-order valence-corrected chi connectivity index (χ4v) is 8.20. The van der Waals surface area contributed by atoms with Crippen molar-refractivity contribution in [3.63, 3.8) is 0 Å². The molecule has 0 aliphatic heterocycles. The zero-order valence-electron chi connectivity index (χ0n) is 36.3. The Bertz CT molecular complexity index is 1880. The third kappa shape index (κ3) is 21.9. The molecule has 4 aromatic carbocycles. The minimum absolute atomic E-state index is 0. The Kier molecular flexibility index (Phi) is 27.0. The maximum Gasteiger partial charge on any atom is 2.00 e. The van der Waals surface area contributed by atoms with Crippen molar-refractivity contribution in [2.75, 3.05) is 0 Å². The first-order chi connectivity index (χ1) is 28.8. The second kappa shape index (κ2) is 30.3. The molecule has 0 amide bonds. The first-order valence-corrected chi connectivity index (χ1v) is 24.8. The summed E-state index contributed by atoms with van der Waals surface area (Å²) in [5.74, 6) is 0.523. The predicted octanol–water partition coefficient (Wildman–Crippen LogP) is 12.4. The van der Waals surface area contributed by atoms with E-state index in [1.165, 1.54) is 108 Å². The number of phenols is 1. The summed E-state index contributed by atoms with van der Waals surface area (Å²) in [6, 6.07) is 23.0. The minimum Gasteiger partial charge on any atom is -0.872 e. The molecule has 332 valence electrons. The molecule has 0 saturated carbocycles. The molecule has 0 aliphatic rings. The van der Waals surface area contributed by atoms with E-state index in [0.29, 0.717) is 47.0 Å². The van der Waals surface area contributed by atoms with Gasteiger partial charge in [-0.05, 0) is 79.3 Å². The summed E-state index contributed by atoms with van der Waals surface area (Å²) in [6.45, 7) is 4.44. The van der Waals surface area contributed by atoms with Crippen LogP contribution in [-0.4, -0.2) is 68.8 Å². The van der Waals surface area contributed by atoms with Crippen LogP contribution in [0.3, 0.4) is 0 Å². The minimum atomic E-state index is -4.82. The van der Waals surface area contributed by atoms with E-state index in [2.05, 4.69) is 13.8 Å². The second-order valence-corrected chi connectivity index (χ2v) is 18.2. The molecule has 4 rings (SSSR count). The van der Waals surface area contributed by atoms with Crippen molar-refractivity contribution < 1.29 is 45.6 Å². The van der Waals surface area contributed by atoms with E-state index >= 15 is 0 Å². The number of aromatic hydroxyl groups is 1. The van der Waals surface area contributed by atoms with Crippen LogP contribution in [0.1, 0.15) is 153 Å². The van der Waals surface area contributed by atoms with E-state index in [0.717, 1.165) is 44.6 Å². The van der Waals surface area contributed by atoms with Gasteiger partial charge in [0.1, 0.15) is 43.8 Å². The Morgan fingerprint density at radius 3 is 1.21 bits per heavy atom. The molecule has 0 heterocycles. The van der Waals surface area contributed by atoms with Crippen LogP contribution in [0, 0.1) is 0 Å². The number of rotatable bonds is 28. The van der Waals surface area contributed by atoms with Gasteiger partial charge in [0, 0.05) is 11.0 Å². The summed E-state index contributed by atoms with van der Waals surface area (Å²) in [7, 11) is -9.32. The normalized spacial score (nSPS) is 11.3. The van der Waals surface area contributed by atoms with Gasteiger partial charge < -0.3 is 24.2 Å². The maximum atomic E-state index is 12.1. The Labute approximate surface area is 396 Å². The standard InChI is InChI=1S/2C24H34O5S.Ca/c2*1-2-3-4-5-6-7-8-9-10-12-15-20-18-24(30(26,27)28)22(25)19-23(20)29-21-16-13-11-14-17-21;/h2*11,13-14,16-19,25H,2-10,12,15H2,1H3,(H,26,27,28);/q;;+2/p-2. The molecule has 0 aromatic heterocycles. The van der Waals surface area contributed by atoms with Crippen molar-refractivity contribution in [3.05, 3.63) is 96.1 Å². The number of benzene rings is 4. The summed E-state index contributed by atoms with van der Waals surface area (Å²) < 4.78 is 78.5. The topological polar surface area (TPSA) is 173 Å². The third-order valence-corrected chi connectivity index (χ3v) is 12.1. The Hall–Kier alpha value is -2.84. The number of para-hydroxylation sites is 2. The monoisotopic (exact) mass is 906 g/mol. The molecule has 0 atom stereocenters. The predicted molar refractivity (Wildman–Crippen MR) is 242 cm³/mol. The fourth-order valence-electron chi connectivity index (χ4n) is 6.99. The van der Waals surface area contributed by atoms with E-state index in [1.54, 1.807) is 24.3 Å². The van der Waals surface area contributed by atoms with Crippen molar-refractivity contribution in [2.24, 2.45) is 0 Å². The van der Waals surface area contributed by atoms with Crippen molar-refractivity contribution in [1.29, 1.82) is 0 Å². The van der Waals surface area contributed by atoms with E-state index in [-0.39, 0.29) is 37.7 Å². The molecule has 61 heavy (non-hydrogen) atoms. The van der Waals surface area contributed by atoms with Crippen molar-refractivity contribution in [3.8, 4) is 34.5 Å². The van der Waals surface area contributed by atoms with Crippen LogP contribution in [-0.2, 0) is 33.1 Å². The largest absolute Gasteiger partial charge is 2.00 e. The Morgan fingerprint density at radius 2 is 0.852 bits per heavy atom. The molecule has 0 unspecified atom stereocenters. The molecule has 0 aliphatic carbocycles. The van der Waals surface area contributed by atoms with Gasteiger partial charge in [0.05, 0.1) is 0 Å². The van der Waals surface area contributed by atoms with Gasteiger partial charge in [-0.25, -0.2) is 8.42 Å². The van der Waals surface area contributed by atoms with E-state index in [9.17, 15) is 36.2 Å². The van der Waals surface area contributed by atoms with Gasteiger partial charge in [-0.2, -0.15) is 8.42 Å². The van der Waals surface area contributed by atoms with Crippen LogP contribution in [0.25, 0.3) is 0 Å². The van der Waals surface area contributed by atoms with Gasteiger partial charge in [0.2, 0.25) is 0 Å². The molecule has 0 radical (unpaired) electrons. The first kappa shape index (κ1) is 54.3. The average Bonchev–Trinajstić information content (AvgIpc) is 3.20. The summed E-state index contributed by atoms with van der Waals surface area (Å²) in [6.07, 6.45) is 25.2. The number of ether oxygens (including phenoxy) is 2. The van der Waals surface area contributed by atoms with Crippen LogP contribution < -0.4 is 14.6 Å². The smallest absolute Gasteiger partial charge is 0.872 e. The van der Waals surface area contributed by atoms with Gasteiger partial charge in [0.15, 0.2) is 0 Å². The third-order valence-electron chi connectivity index (χ3n) is 10.4. The van der Waals surface area contributed by atoms with E-state index in [4.69, 9.17) is 9.47 Å². The van der Waals surface area contributed by atoms with Gasteiger partial charge in [-0.3, -0.25) is 4.55 Å². The van der Waals surface area contributed by atoms with Crippen LogP contribution in [0.4, 0.5) is 0 Å². The number of aryl methyl sites for hydroxylation is 2. The number of unbranched alkanes of at least 4 members (excludes halogenated alkanes) is 18. The molecular weight excluding hydrogens is 841 g/mol. The molecule has 0 saturated heterocycles. The molecular formula is C48H66CaO10S2. The van der Waals surface area contributed by atoms with Crippen molar-refractivity contribution in [2.45, 2.75) is 165 Å². The molecule has 10 nitrogen and oxygen atoms in total. The number of hydrogen-bond acceptors (Lipinski definition) is 9. The van der Waals surface area contributed by atoms with Crippen molar-refractivity contribution in [1.82, 2.24) is 0 Å². The van der Waals surface area contributed by atoms with Crippen LogP contribution in [0.5, 0.6) is 34.5 Å². The quantitative estimate of drug-likeness (QED) is 0.0317. The van der Waals surface area contributed by atoms with E-state index in [1.807, 2.05) is 36.4 Å². The number of hydrogen-bond donors (Lipinski definition) is 2. The Morgan fingerprint density at radius 1 is 0.508 bits per heavy atom. The second-order valence-electron chi connectivity index (χ2n) is 15.5.